The van der Waals surface area contributed by atoms with Crippen molar-refractivity contribution in [2.75, 3.05) is 0 Å². The van der Waals surface area contributed by atoms with Crippen LogP contribution in [0.4, 0.5) is 4.39 Å². The molecule has 0 amide bonds. The number of phenolic OH excluding ortho intramolecular Hbond substituents is 1. The first kappa shape index (κ1) is 14.9. The number of nitrogens with one attached hydrogen (secondary N) is 1. The fraction of sp³-hybridized carbons (Fsp3) is 0.0667. The fourth-order valence-electron chi connectivity index (χ4n) is 1.78. The second kappa shape index (κ2) is 6.32. The van der Waals surface area contributed by atoms with Gasteiger partial charge >= 0.3 is 0 Å². The van der Waals surface area contributed by atoms with E-state index in [-0.39, 0.29) is 16.7 Å². The first-order valence-electron chi connectivity index (χ1n) is 6.15. The molecule has 6 heteroatoms. The average Bonchev–Trinajstić information content (AvgIpc) is 2.43. The Morgan fingerprint density at radius 1 is 1.29 bits per heavy atom. The molecule has 0 fully saturated rings. The molecular weight excluding hydrogens is 289 g/mol. The van der Waals surface area contributed by atoms with Crippen LogP contribution < -0.4 is 11.2 Å². The van der Waals surface area contributed by atoms with Crippen LogP contribution in [0.25, 0.3) is 11.1 Å². The maximum Gasteiger partial charge on any atom is 0.184 e. The van der Waals surface area contributed by atoms with Crippen molar-refractivity contribution in [3.8, 4) is 16.9 Å². The third-order valence-electron chi connectivity index (χ3n) is 2.91. The molecule has 0 aliphatic rings. The summed E-state index contributed by atoms with van der Waals surface area (Å²) in [6.45, 7) is 1.70. The number of hydrogen-bond donors (Lipinski definition) is 3. The molecule has 0 aromatic heterocycles. The van der Waals surface area contributed by atoms with Gasteiger partial charge in [0.05, 0.1) is 6.21 Å². The Bertz CT molecular complexity index is 716. The molecule has 0 saturated carbocycles. The fourth-order valence-corrected chi connectivity index (χ4v) is 1.83. The van der Waals surface area contributed by atoms with Crippen molar-refractivity contribution in [3.05, 3.63) is 53.3 Å². The van der Waals surface area contributed by atoms with E-state index in [9.17, 15) is 9.50 Å². The number of aryl methyl sites for hydroxylation is 1. The van der Waals surface area contributed by atoms with Gasteiger partial charge in [-0.3, -0.25) is 5.43 Å². The predicted molar refractivity (Wildman–Crippen MR) is 85.8 cm³/mol. The van der Waals surface area contributed by atoms with Crippen LogP contribution >= 0.6 is 12.2 Å². The van der Waals surface area contributed by atoms with Crippen molar-refractivity contribution in [2.45, 2.75) is 6.92 Å². The van der Waals surface area contributed by atoms with Crippen LogP contribution in [0.1, 0.15) is 11.1 Å². The lowest BCUT2D eigenvalue weighted by Crippen LogP contribution is -2.23. The van der Waals surface area contributed by atoms with Crippen LogP contribution in [0.3, 0.4) is 0 Å². The number of halogens is 1. The second-order valence-electron chi connectivity index (χ2n) is 4.47. The highest BCUT2D eigenvalue weighted by Gasteiger charge is 2.05. The first-order valence-corrected chi connectivity index (χ1v) is 6.56. The summed E-state index contributed by atoms with van der Waals surface area (Å²) in [5.41, 5.74) is 10.2. The van der Waals surface area contributed by atoms with Gasteiger partial charge in [0.2, 0.25) is 0 Å². The van der Waals surface area contributed by atoms with Gasteiger partial charge in [-0.2, -0.15) is 5.10 Å². The molecule has 0 saturated heterocycles. The van der Waals surface area contributed by atoms with Gasteiger partial charge in [0.15, 0.2) is 5.11 Å². The van der Waals surface area contributed by atoms with E-state index in [1.807, 2.05) is 6.07 Å². The van der Waals surface area contributed by atoms with Crippen molar-refractivity contribution >= 4 is 23.5 Å². The summed E-state index contributed by atoms with van der Waals surface area (Å²) in [7, 11) is 0. The van der Waals surface area contributed by atoms with Crippen LogP contribution in [0.2, 0.25) is 0 Å². The van der Waals surface area contributed by atoms with E-state index in [1.165, 1.54) is 18.3 Å². The lowest BCUT2D eigenvalue weighted by Gasteiger charge is -2.06. The number of hydrogen-bond acceptors (Lipinski definition) is 3. The molecule has 0 radical (unpaired) electrons. The highest BCUT2D eigenvalue weighted by Crippen LogP contribution is 2.26. The van der Waals surface area contributed by atoms with Gasteiger partial charge in [-0.25, -0.2) is 4.39 Å². The summed E-state index contributed by atoms with van der Waals surface area (Å²) in [6, 6.07) is 9.91. The number of rotatable bonds is 3. The summed E-state index contributed by atoms with van der Waals surface area (Å²) in [5, 5.41) is 13.6. The van der Waals surface area contributed by atoms with Crippen molar-refractivity contribution in [1.29, 1.82) is 0 Å². The van der Waals surface area contributed by atoms with Crippen molar-refractivity contribution in [1.82, 2.24) is 5.43 Å². The largest absolute Gasteiger partial charge is 0.507 e. The molecule has 0 atom stereocenters. The van der Waals surface area contributed by atoms with E-state index >= 15 is 0 Å². The lowest BCUT2D eigenvalue weighted by atomic mass is 10.0. The molecule has 0 aliphatic heterocycles. The lowest BCUT2D eigenvalue weighted by molar-refractivity contribution is 0.474. The van der Waals surface area contributed by atoms with Crippen LogP contribution in [0, 0.1) is 12.7 Å². The standard InChI is InChI=1S/C15H14FN3OS/c1-9-2-3-11(7-13(9)16)10-4-5-14(20)12(6-10)8-18-19-15(17)21/h2-8,20H,1H3,(H3,17,19,21)/b18-8-. The Labute approximate surface area is 127 Å². The normalized spacial score (nSPS) is 10.8. The SMILES string of the molecule is Cc1ccc(-c2ccc(O)c(/C=N\NC(N)=S)c2)cc1F. The molecule has 108 valence electrons. The van der Waals surface area contributed by atoms with Crippen molar-refractivity contribution in [3.63, 3.8) is 0 Å². The Kier molecular flexibility index (Phi) is 4.49. The molecule has 4 N–H and O–H groups in total. The number of phenols is 1. The molecule has 2 aromatic carbocycles. The van der Waals surface area contributed by atoms with Crippen LogP contribution in [0.5, 0.6) is 5.75 Å². The minimum atomic E-state index is -0.272. The first-order chi connectivity index (χ1) is 9.97. The Morgan fingerprint density at radius 2 is 1.95 bits per heavy atom. The van der Waals surface area contributed by atoms with Crippen molar-refractivity contribution in [2.24, 2.45) is 10.8 Å². The van der Waals surface area contributed by atoms with E-state index in [2.05, 4.69) is 22.7 Å². The highest BCUT2D eigenvalue weighted by atomic mass is 32.1. The molecule has 0 heterocycles. The maximum atomic E-state index is 13.6. The topological polar surface area (TPSA) is 70.6 Å². The Hall–Kier alpha value is -2.47. The molecule has 0 aliphatic carbocycles. The summed E-state index contributed by atoms with van der Waals surface area (Å²) < 4.78 is 13.6. The molecule has 0 bridgehead atoms. The predicted octanol–water partition coefficient (Wildman–Crippen LogP) is 2.67. The third kappa shape index (κ3) is 3.76. The van der Waals surface area contributed by atoms with Gasteiger partial charge in [0, 0.05) is 5.56 Å². The summed E-state index contributed by atoms with van der Waals surface area (Å²) in [5.74, 6) is -0.217. The Balaban J connectivity index is 2.35. The van der Waals surface area contributed by atoms with E-state index in [1.54, 1.807) is 25.1 Å². The maximum absolute atomic E-state index is 13.6. The molecule has 21 heavy (non-hydrogen) atoms. The minimum absolute atomic E-state index is 0.0301. The zero-order valence-corrected chi connectivity index (χ0v) is 12.1. The monoisotopic (exact) mass is 303 g/mol. The van der Waals surface area contributed by atoms with Gasteiger partial charge in [0.25, 0.3) is 0 Å². The molecule has 0 spiro atoms. The van der Waals surface area contributed by atoms with Crippen LogP contribution in [-0.2, 0) is 0 Å². The summed E-state index contributed by atoms with van der Waals surface area (Å²) in [4.78, 5) is 0. The summed E-state index contributed by atoms with van der Waals surface area (Å²) >= 11 is 4.62. The zero-order chi connectivity index (χ0) is 15.4. The van der Waals surface area contributed by atoms with Crippen LogP contribution in [-0.4, -0.2) is 16.4 Å². The number of thiocarbonyl (C=S) groups is 1. The number of aromatic hydroxyl groups is 1. The second-order valence-corrected chi connectivity index (χ2v) is 4.91. The minimum Gasteiger partial charge on any atom is -0.507 e. The van der Waals surface area contributed by atoms with Gasteiger partial charge in [-0.15, -0.1) is 0 Å². The molecule has 4 nitrogen and oxygen atoms in total. The molecule has 0 unspecified atom stereocenters. The number of nitrogens with zero attached hydrogens (tertiary/aromatic N) is 1. The van der Waals surface area contributed by atoms with Gasteiger partial charge in [0.1, 0.15) is 11.6 Å². The molecule has 2 aromatic rings. The quantitative estimate of drug-likeness (QED) is 0.463. The number of nitrogens with two attached hydrogens (primary N) is 1. The summed E-state index contributed by atoms with van der Waals surface area (Å²) in [6.07, 6.45) is 1.39. The number of hydrazone groups is 1. The van der Waals surface area contributed by atoms with Crippen molar-refractivity contribution < 1.29 is 9.50 Å². The van der Waals surface area contributed by atoms with Gasteiger partial charge in [-0.1, -0.05) is 18.2 Å². The molecule has 2 rings (SSSR count). The highest BCUT2D eigenvalue weighted by molar-refractivity contribution is 7.80. The number of benzene rings is 2. The Morgan fingerprint density at radius 3 is 2.62 bits per heavy atom. The van der Waals surface area contributed by atoms with Gasteiger partial charge < -0.3 is 10.8 Å². The van der Waals surface area contributed by atoms with Gasteiger partial charge in [-0.05, 0) is 54.0 Å². The van der Waals surface area contributed by atoms with Crippen LogP contribution in [0.15, 0.2) is 41.5 Å². The van der Waals surface area contributed by atoms with E-state index in [0.717, 1.165) is 11.1 Å². The van der Waals surface area contributed by atoms with E-state index < -0.39 is 0 Å². The zero-order valence-electron chi connectivity index (χ0n) is 11.3. The third-order valence-corrected chi connectivity index (χ3v) is 3.00. The van der Waals surface area contributed by atoms with E-state index in [0.29, 0.717) is 11.1 Å². The smallest absolute Gasteiger partial charge is 0.184 e. The molecular formula is C15H14FN3OS. The average molecular weight is 303 g/mol. The van der Waals surface area contributed by atoms with E-state index in [4.69, 9.17) is 5.73 Å².